The van der Waals surface area contributed by atoms with Crippen molar-refractivity contribution in [1.82, 2.24) is 28.7 Å². The molecule has 0 saturated heterocycles. The van der Waals surface area contributed by atoms with Crippen LogP contribution in [-0.4, -0.2) is 39.6 Å². The number of allylic oxidation sites excluding steroid dienone is 2. The van der Waals surface area contributed by atoms with Gasteiger partial charge in [-0.15, -0.1) is 0 Å². The Labute approximate surface area is 542 Å². The van der Waals surface area contributed by atoms with E-state index in [9.17, 15) is 9.90 Å². The molecule has 0 saturated carbocycles. The van der Waals surface area contributed by atoms with Crippen molar-refractivity contribution in [3.63, 3.8) is 0 Å². The van der Waals surface area contributed by atoms with Crippen LogP contribution in [0.2, 0.25) is 0 Å². The Kier molecular flexibility index (Phi) is 13.3. The van der Waals surface area contributed by atoms with Crippen LogP contribution in [0.15, 0.2) is 163 Å². The van der Waals surface area contributed by atoms with Gasteiger partial charge in [-0.1, -0.05) is 210 Å². The molecule has 0 amide bonds. The first-order chi connectivity index (χ1) is 43.1. The Morgan fingerprint density at radius 3 is 1.15 bits per heavy atom. The number of ketones is 1. The second kappa shape index (κ2) is 20.1. The minimum atomic E-state index is -0.305. The summed E-state index contributed by atoms with van der Waals surface area (Å²) in [7, 11) is 0. The lowest BCUT2D eigenvalue weighted by molar-refractivity contribution is -0.114. The molecular formula is C84H88N6O2. The van der Waals surface area contributed by atoms with Gasteiger partial charge < -0.3 is 5.11 Å². The minimum Gasteiger partial charge on any atom is -0.512 e. The molecule has 0 unspecified atom stereocenters. The fraction of sp³-hybridized carbons (Fsp3) is 0.345. The molecule has 14 rings (SSSR count). The zero-order valence-corrected chi connectivity index (χ0v) is 57.5. The number of carbonyl (C=O) groups excluding carboxylic acids is 1. The van der Waals surface area contributed by atoms with E-state index in [0.717, 1.165) is 128 Å². The first kappa shape index (κ1) is 60.8. The Morgan fingerprint density at radius 2 is 0.772 bits per heavy atom. The first-order valence-electron chi connectivity index (χ1n) is 33.1. The Bertz CT molecular complexity index is 4890. The van der Waals surface area contributed by atoms with Crippen LogP contribution < -0.4 is 0 Å². The van der Waals surface area contributed by atoms with Gasteiger partial charge in [0.1, 0.15) is 22.9 Å². The fourth-order valence-corrected chi connectivity index (χ4v) is 16.0. The number of aryl methyl sites for hydroxylation is 1. The highest BCUT2D eigenvalue weighted by Crippen LogP contribution is 2.63. The number of imidazole rings is 2. The molecule has 8 aromatic carbocycles. The second-order valence-corrected chi connectivity index (χ2v) is 32.2. The molecule has 0 radical (unpaired) electrons. The van der Waals surface area contributed by atoms with Gasteiger partial charge >= 0.3 is 0 Å². The van der Waals surface area contributed by atoms with E-state index in [1.54, 1.807) is 6.92 Å². The SMILES string of the molecule is C/C(O)=C/C(=O)CCc1ccccc1-c1cc(-c2ccccc2-c2ccc3c(c2)nc(C(C)(C)C)n2c4cc5c(cc4nc32)C(C)(C)C(C)(C)C5(C)C)cc(-c2ccccc2-c2ccc3c(c2)nc(C(C)(C)C)n2c4cc5c(cc4nc32)C(C)(C)C(C)(C)C5(C)C)c1. The largest absolute Gasteiger partial charge is 0.512 e. The highest BCUT2D eigenvalue weighted by Gasteiger charge is 2.58. The summed E-state index contributed by atoms with van der Waals surface area (Å²) in [4.78, 5) is 35.5. The van der Waals surface area contributed by atoms with Gasteiger partial charge in [0, 0.05) is 34.1 Å². The molecule has 2 aliphatic carbocycles. The van der Waals surface area contributed by atoms with Crippen LogP contribution in [0.25, 0.3) is 111 Å². The summed E-state index contributed by atoms with van der Waals surface area (Å²) in [5.74, 6) is 1.85. The number of carbonyl (C=O) groups is 1. The molecule has 8 nitrogen and oxygen atoms in total. The number of aliphatic hydroxyl groups is 1. The van der Waals surface area contributed by atoms with E-state index in [2.05, 4.69) is 279 Å². The summed E-state index contributed by atoms with van der Waals surface area (Å²) in [6.45, 7) is 43.9. The lowest BCUT2D eigenvalue weighted by Crippen LogP contribution is -2.42. The number of benzene rings is 8. The predicted molar refractivity (Wildman–Crippen MR) is 384 cm³/mol. The summed E-state index contributed by atoms with van der Waals surface area (Å²) >= 11 is 0. The summed E-state index contributed by atoms with van der Waals surface area (Å²) < 4.78 is 4.68. The van der Waals surface area contributed by atoms with Gasteiger partial charge in [0.05, 0.1) is 38.9 Å². The topological polar surface area (TPSA) is 97.7 Å². The molecule has 0 aliphatic heterocycles. The molecule has 0 spiro atoms. The Balaban J connectivity index is 0.933. The van der Waals surface area contributed by atoms with Crippen LogP contribution in [0.4, 0.5) is 0 Å². The number of fused-ring (bicyclic) bond motifs is 12. The van der Waals surface area contributed by atoms with Gasteiger partial charge in [-0.05, 0) is 196 Å². The molecule has 12 aromatic rings. The van der Waals surface area contributed by atoms with E-state index in [1.807, 2.05) is 6.07 Å². The lowest BCUT2D eigenvalue weighted by atomic mass is 9.59. The van der Waals surface area contributed by atoms with Crippen LogP contribution in [0.1, 0.15) is 177 Å². The van der Waals surface area contributed by atoms with Crippen molar-refractivity contribution in [1.29, 1.82) is 0 Å². The summed E-state index contributed by atoms with van der Waals surface area (Å²) in [6, 6.07) is 55.9. The summed E-state index contributed by atoms with van der Waals surface area (Å²) in [5, 5.41) is 12.1. The molecule has 2 aliphatic rings. The van der Waals surface area contributed by atoms with Crippen molar-refractivity contribution in [3.05, 3.63) is 203 Å². The number of hydrogen-bond donors (Lipinski definition) is 1. The zero-order chi connectivity index (χ0) is 65.5. The van der Waals surface area contributed by atoms with Gasteiger partial charge in [0.2, 0.25) is 0 Å². The maximum atomic E-state index is 13.2. The fourth-order valence-electron chi connectivity index (χ4n) is 16.0. The van der Waals surface area contributed by atoms with E-state index >= 15 is 0 Å². The van der Waals surface area contributed by atoms with Gasteiger partial charge in [-0.3, -0.25) is 13.6 Å². The normalized spacial score (nSPS) is 17.2. The number of aliphatic hydroxyl groups excluding tert-OH is 1. The van der Waals surface area contributed by atoms with Crippen molar-refractivity contribution in [3.8, 4) is 55.6 Å². The van der Waals surface area contributed by atoms with Crippen LogP contribution in [0, 0.1) is 10.8 Å². The van der Waals surface area contributed by atoms with Gasteiger partial charge in [-0.25, -0.2) is 19.9 Å². The van der Waals surface area contributed by atoms with E-state index in [-0.39, 0.29) is 61.3 Å². The van der Waals surface area contributed by atoms with Crippen molar-refractivity contribution in [2.45, 2.75) is 177 Å². The molecule has 0 fully saturated rings. The molecule has 1 N–H and O–H groups in total. The highest BCUT2D eigenvalue weighted by molar-refractivity contribution is 6.02. The predicted octanol–water partition coefficient (Wildman–Crippen LogP) is 21.5. The standard InChI is InChI=1S/C84H88N6O2/c1-48(91)38-55(92)35-32-49-26-20-21-27-56(49)52-39-53(59-30-24-22-28-57(59)50-33-36-61-67(42-50)87-75(77(2,3)4)89-71-46-65-63(44-69(71)85-73(61)89)79(8,9)83(16,17)81(65,12)13)41-54(40-52)60-31-25-23-29-58(60)51-34-37-62-68(43-51)88-76(78(5,6)7)90-72-47-66-64(45-70(72)86-74(62)90)80(10,11)84(18,19)82(66,14)15/h20-31,33-34,36-47,91H,32,35H2,1-19H3/b48-38-. The average molecular weight is 1210 g/mol. The van der Waals surface area contributed by atoms with Gasteiger partial charge in [-0.2, -0.15) is 0 Å². The maximum absolute atomic E-state index is 13.2. The average Bonchev–Trinajstić information content (AvgIpc) is 1.53. The monoisotopic (exact) mass is 1210 g/mol. The second-order valence-electron chi connectivity index (χ2n) is 32.2. The molecule has 466 valence electrons. The van der Waals surface area contributed by atoms with Crippen molar-refractivity contribution in [2.24, 2.45) is 10.8 Å². The third-order valence-electron chi connectivity index (χ3n) is 23.6. The van der Waals surface area contributed by atoms with Crippen LogP contribution in [-0.2, 0) is 43.7 Å². The molecule has 0 atom stereocenters. The van der Waals surface area contributed by atoms with E-state index < -0.39 is 0 Å². The summed E-state index contributed by atoms with van der Waals surface area (Å²) in [6.07, 6.45) is 2.11. The van der Waals surface area contributed by atoms with Crippen molar-refractivity contribution >= 4 is 61.0 Å². The number of hydrogen-bond acceptors (Lipinski definition) is 6. The molecule has 8 heteroatoms. The van der Waals surface area contributed by atoms with E-state index in [1.165, 1.54) is 28.3 Å². The lowest BCUT2D eigenvalue weighted by Gasteiger charge is -2.44. The minimum absolute atomic E-state index is 0.0131. The van der Waals surface area contributed by atoms with Gasteiger partial charge in [0.25, 0.3) is 0 Å². The summed E-state index contributed by atoms with van der Waals surface area (Å²) in [5.41, 5.74) is 24.3. The Hall–Kier alpha value is -8.75. The zero-order valence-electron chi connectivity index (χ0n) is 57.5. The first-order valence-corrected chi connectivity index (χ1v) is 33.1. The third kappa shape index (κ3) is 8.84. The van der Waals surface area contributed by atoms with E-state index in [0.29, 0.717) is 6.42 Å². The third-order valence-corrected chi connectivity index (χ3v) is 23.6. The molecule has 92 heavy (non-hydrogen) atoms. The van der Waals surface area contributed by atoms with Gasteiger partial charge in [0.15, 0.2) is 5.78 Å². The molecule has 4 heterocycles. The maximum Gasteiger partial charge on any atom is 0.159 e. The molecular weight excluding hydrogens is 1120 g/mol. The van der Waals surface area contributed by atoms with Crippen LogP contribution >= 0.6 is 0 Å². The highest BCUT2D eigenvalue weighted by atomic mass is 16.3. The van der Waals surface area contributed by atoms with Crippen LogP contribution in [0.5, 0.6) is 0 Å². The molecule has 4 aromatic heterocycles. The quantitative estimate of drug-likeness (QED) is 0.114. The number of nitrogens with zero attached hydrogens (tertiary/aromatic N) is 6. The van der Waals surface area contributed by atoms with E-state index in [4.69, 9.17) is 19.9 Å². The number of aromatic nitrogens is 6. The smallest absolute Gasteiger partial charge is 0.159 e. The van der Waals surface area contributed by atoms with Crippen molar-refractivity contribution in [2.75, 3.05) is 0 Å². The van der Waals surface area contributed by atoms with Crippen LogP contribution in [0.3, 0.4) is 0 Å². The van der Waals surface area contributed by atoms with Crippen molar-refractivity contribution < 1.29 is 9.90 Å². The number of rotatable bonds is 9. The molecule has 0 bridgehead atoms. The Morgan fingerprint density at radius 1 is 0.424 bits per heavy atom.